The van der Waals surface area contributed by atoms with E-state index in [4.69, 9.17) is 33.2 Å². The minimum absolute atomic E-state index is 0.0198. The highest BCUT2D eigenvalue weighted by molar-refractivity contribution is 6.98. The highest BCUT2D eigenvalue weighted by Gasteiger charge is 2.59. The molecule has 19 nitrogen and oxygen atoms in total. The lowest BCUT2D eigenvalue weighted by Gasteiger charge is -2.50. The summed E-state index contributed by atoms with van der Waals surface area (Å²) in [4.78, 5) is 94.3. The van der Waals surface area contributed by atoms with Gasteiger partial charge in [0.2, 0.25) is 0 Å². The Bertz CT molecular complexity index is 2200. The summed E-state index contributed by atoms with van der Waals surface area (Å²) in [5.74, 6) is -5.08. The van der Waals surface area contributed by atoms with Gasteiger partial charge in [0.15, 0.2) is 30.8 Å². The minimum atomic E-state index is -3.67. The third-order valence-electron chi connectivity index (χ3n) is 11.6. The van der Waals surface area contributed by atoms with E-state index in [1.807, 2.05) is 74.5 Å². The second-order valence-electron chi connectivity index (χ2n) is 16.3. The third kappa shape index (κ3) is 9.72. The quantitative estimate of drug-likeness (QED) is 0.0423. The molecule has 20 heteroatoms. The van der Waals surface area contributed by atoms with E-state index < -0.39 is 117 Å². The monoisotopic (exact) mass is 902 g/mol. The van der Waals surface area contributed by atoms with Crippen molar-refractivity contribution in [1.82, 2.24) is 4.90 Å². The van der Waals surface area contributed by atoms with Gasteiger partial charge >= 0.3 is 23.9 Å². The number of imide groups is 1. The first-order chi connectivity index (χ1) is 30.4. The van der Waals surface area contributed by atoms with E-state index in [0.717, 1.165) is 32.6 Å². The molecule has 3 aromatic rings. The van der Waals surface area contributed by atoms with Crippen LogP contribution >= 0.6 is 0 Å². The zero-order valence-corrected chi connectivity index (χ0v) is 37.0. The van der Waals surface area contributed by atoms with Crippen LogP contribution in [-0.4, -0.2) is 127 Å². The zero-order chi connectivity index (χ0) is 46.5. The van der Waals surface area contributed by atoms with Gasteiger partial charge in [-0.3, -0.25) is 33.7 Å². The van der Waals surface area contributed by atoms with Crippen LogP contribution in [0.25, 0.3) is 10.4 Å². The number of azide groups is 1. The van der Waals surface area contributed by atoms with Crippen LogP contribution in [0.5, 0.6) is 0 Å². The van der Waals surface area contributed by atoms with Crippen LogP contribution in [0.3, 0.4) is 0 Å². The van der Waals surface area contributed by atoms with Crippen molar-refractivity contribution in [2.24, 2.45) is 5.11 Å². The number of fused-ring (bicyclic) bond motifs is 1. The SMILES string of the molecule is CC(=O)OCC1O[C@@H](O[C@@H]2C(CCC(C)(C)[Si](O)(c3ccccc3)c3ccccc3)O[C@@H](N=[N+]=[N-])[C@@H](N3C(=O)c4ccccc4C3=O)C2O)[C@@H](OC(C)=O)C(OC(C)=O)[C@H]1OC(C)=O. The molecule has 0 saturated carbocycles. The van der Waals surface area contributed by atoms with Crippen molar-refractivity contribution in [3.8, 4) is 0 Å². The average Bonchev–Trinajstić information content (AvgIpc) is 3.50. The first-order valence-corrected chi connectivity index (χ1v) is 22.5. The van der Waals surface area contributed by atoms with Gasteiger partial charge in [-0.05, 0) is 45.9 Å². The number of amides is 2. The summed E-state index contributed by atoms with van der Waals surface area (Å²) >= 11 is 0. The Hall–Kier alpha value is -5.99. The number of aliphatic hydroxyl groups is 1. The Morgan fingerprint density at radius 3 is 1.73 bits per heavy atom. The van der Waals surface area contributed by atoms with Gasteiger partial charge in [0.25, 0.3) is 20.1 Å². The van der Waals surface area contributed by atoms with Crippen molar-refractivity contribution in [2.45, 2.75) is 121 Å². The molecule has 2 saturated heterocycles. The standard InChI is InChI=1S/C44H50N4O15Si/c1-24(49)57-23-33-37(58-25(2)50)38(59-26(3)51)39(60-27(4)52)43(62-33)63-36-32(21-22-44(5,6)64(56,28-15-9-7-10-16-28)29-17-11-8-12-18-29)61-40(46-47-45)34(35(36)53)48-41(54)30-19-13-14-20-31(30)42(48)55/h7-20,32-40,43,53,56H,21-23H2,1-6H3/t32?,33?,34-,35?,36+,37-,38?,39-,40+,43-/m0/s1. The Morgan fingerprint density at radius 1 is 0.734 bits per heavy atom. The van der Waals surface area contributed by atoms with E-state index in [-0.39, 0.29) is 24.0 Å². The lowest BCUT2D eigenvalue weighted by molar-refractivity contribution is -0.339. The van der Waals surface area contributed by atoms with Crippen LogP contribution in [0.15, 0.2) is 90.0 Å². The first-order valence-electron chi connectivity index (χ1n) is 20.5. The van der Waals surface area contributed by atoms with Gasteiger partial charge in [0.05, 0.1) is 17.2 Å². The van der Waals surface area contributed by atoms with Gasteiger partial charge in [-0.1, -0.05) is 91.8 Å². The number of ether oxygens (including phenoxy) is 7. The molecule has 10 atom stereocenters. The number of hydrogen-bond donors (Lipinski definition) is 2. The van der Waals surface area contributed by atoms with Gasteiger partial charge in [0, 0.05) is 32.6 Å². The molecule has 2 amide bonds. The van der Waals surface area contributed by atoms with E-state index in [1.165, 1.54) is 12.1 Å². The Labute approximate surface area is 369 Å². The molecule has 64 heavy (non-hydrogen) atoms. The minimum Gasteiger partial charge on any atom is -0.463 e. The molecule has 2 fully saturated rings. The molecule has 3 heterocycles. The number of benzene rings is 3. The maximum Gasteiger partial charge on any atom is 0.303 e. The zero-order valence-electron chi connectivity index (χ0n) is 36.0. The summed E-state index contributed by atoms with van der Waals surface area (Å²) in [5, 5.41) is 16.9. The summed E-state index contributed by atoms with van der Waals surface area (Å²) in [6.07, 6.45) is -14.6. The largest absolute Gasteiger partial charge is 0.463 e. The highest BCUT2D eigenvalue weighted by Crippen LogP contribution is 2.44. The van der Waals surface area contributed by atoms with Crippen molar-refractivity contribution in [2.75, 3.05) is 6.61 Å². The number of aliphatic hydroxyl groups excluding tert-OH is 1. The Kier molecular flexibility index (Phi) is 14.7. The molecule has 0 aromatic heterocycles. The van der Waals surface area contributed by atoms with Crippen LogP contribution in [0, 0.1) is 0 Å². The molecule has 0 radical (unpaired) electrons. The number of carbonyl (C=O) groups is 6. The maximum atomic E-state index is 14.0. The summed E-state index contributed by atoms with van der Waals surface area (Å²) < 4.78 is 41.2. The number of hydrogen-bond acceptors (Lipinski definition) is 16. The van der Waals surface area contributed by atoms with E-state index in [9.17, 15) is 44.2 Å². The maximum absolute atomic E-state index is 14.0. The number of rotatable bonds is 15. The van der Waals surface area contributed by atoms with Gasteiger partial charge < -0.3 is 43.1 Å². The number of esters is 4. The van der Waals surface area contributed by atoms with E-state index in [2.05, 4.69) is 10.0 Å². The van der Waals surface area contributed by atoms with Crippen molar-refractivity contribution < 1.29 is 71.8 Å². The fraction of sp³-hybridized carbons (Fsp3) is 0.455. The molecule has 2 N–H and O–H groups in total. The van der Waals surface area contributed by atoms with Gasteiger partial charge in [-0.2, -0.15) is 0 Å². The van der Waals surface area contributed by atoms with Crippen LogP contribution < -0.4 is 10.4 Å². The predicted octanol–water partition coefficient (Wildman–Crippen LogP) is 2.83. The molecule has 4 unspecified atom stereocenters. The number of carbonyl (C=O) groups excluding carboxylic acids is 6. The molecule has 3 aromatic carbocycles. The summed E-state index contributed by atoms with van der Waals surface area (Å²) in [6.45, 7) is 7.47. The van der Waals surface area contributed by atoms with Gasteiger partial charge in [-0.25, -0.2) is 0 Å². The molecular formula is C44H50N4O15Si. The molecule has 0 spiro atoms. The van der Waals surface area contributed by atoms with Crippen LogP contribution in [0.4, 0.5) is 0 Å². The Balaban J connectivity index is 1.45. The second kappa shape index (κ2) is 19.8. The second-order valence-corrected chi connectivity index (χ2v) is 20.2. The fourth-order valence-corrected chi connectivity index (χ4v) is 12.4. The fourth-order valence-electron chi connectivity index (χ4n) is 8.67. The van der Waals surface area contributed by atoms with E-state index in [0.29, 0.717) is 10.4 Å². The topological polar surface area (TPSA) is 259 Å². The summed E-state index contributed by atoms with van der Waals surface area (Å²) in [5.41, 5.74) is 9.84. The predicted molar refractivity (Wildman–Crippen MR) is 225 cm³/mol. The van der Waals surface area contributed by atoms with Crippen LogP contribution in [-0.2, 0) is 52.3 Å². The summed E-state index contributed by atoms with van der Waals surface area (Å²) in [6, 6.07) is 22.6. The molecule has 6 rings (SSSR count). The van der Waals surface area contributed by atoms with Crippen LogP contribution in [0.2, 0.25) is 5.04 Å². The van der Waals surface area contributed by atoms with Crippen LogP contribution in [0.1, 0.15) is 75.1 Å². The van der Waals surface area contributed by atoms with Crippen molar-refractivity contribution in [1.29, 1.82) is 0 Å². The summed E-state index contributed by atoms with van der Waals surface area (Å²) in [7, 11) is -3.67. The van der Waals surface area contributed by atoms with E-state index in [1.54, 1.807) is 12.1 Å². The third-order valence-corrected chi connectivity index (χ3v) is 16.2. The Morgan fingerprint density at radius 2 is 1.23 bits per heavy atom. The van der Waals surface area contributed by atoms with Gasteiger partial charge in [-0.15, -0.1) is 0 Å². The van der Waals surface area contributed by atoms with E-state index >= 15 is 0 Å². The first kappa shape index (κ1) is 47.5. The molecule has 0 bridgehead atoms. The average molecular weight is 903 g/mol. The number of nitrogens with zero attached hydrogens (tertiary/aromatic N) is 4. The van der Waals surface area contributed by atoms with Crippen molar-refractivity contribution >= 4 is 54.4 Å². The molecule has 0 aliphatic carbocycles. The van der Waals surface area contributed by atoms with Crippen molar-refractivity contribution in [3.63, 3.8) is 0 Å². The highest BCUT2D eigenvalue weighted by atomic mass is 28.4. The van der Waals surface area contributed by atoms with Gasteiger partial charge in [0.1, 0.15) is 31.0 Å². The molecule has 340 valence electrons. The molecule has 3 aliphatic heterocycles. The normalized spacial score (nSPS) is 26.8. The van der Waals surface area contributed by atoms with Crippen molar-refractivity contribution in [3.05, 3.63) is 106 Å². The lowest BCUT2D eigenvalue weighted by atomic mass is 9.90. The molecule has 3 aliphatic rings. The smallest absolute Gasteiger partial charge is 0.303 e. The molecular weight excluding hydrogens is 853 g/mol. The lowest BCUT2D eigenvalue weighted by Crippen LogP contribution is -2.68.